The van der Waals surface area contributed by atoms with Gasteiger partial charge < -0.3 is 10.6 Å². The molecule has 0 saturated heterocycles. The Hall–Kier alpha value is -1.07. The molecule has 0 unspecified atom stereocenters. The summed E-state index contributed by atoms with van der Waals surface area (Å²) in [6.45, 7) is 2.34. The molecule has 0 aliphatic carbocycles. The molecule has 0 aliphatic rings. The van der Waals surface area contributed by atoms with Gasteiger partial charge in [-0.05, 0) is 31.0 Å². The number of benzene rings is 1. The molecule has 0 radical (unpaired) electrons. The maximum absolute atomic E-state index is 11.5. The van der Waals surface area contributed by atoms with Gasteiger partial charge in [-0.15, -0.1) is 0 Å². The number of nitrogens with one attached hydrogen (secondary N) is 2. The second kappa shape index (κ2) is 8.17. The monoisotopic (exact) mass is 302 g/mol. The Morgan fingerprint density at radius 1 is 1.47 bits per heavy atom. The molecule has 19 heavy (non-hydrogen) atoms. The summed E-state index contributed by atoms with van der Waals surface area (Å²) < 4.78 is 10.8. The lowest BCUT2D eigenvalue weighted by Crippen LogP contribution is -2.42. The van der Waals surface area contributed by atoms with Crippen LogP contribution in [0.25, 0.3) is 0 Å². The number of rotatable bonds is 6. The van der Waals surface area contributed by atoms with Crippen LogP contribution in [0.3, 0.4) is 0 Å². The quantitative estimate of drug-likeness (QED) is 0.844. The highest BCUT2D eigenvalue weighted by Gasteiger charge is 2.07. The van der Waals surface area contributed by atoms with Gasteiger partial charge in [-0.2, -0.15) is 0 Å². The number of amides is 2. The molecule has 2 N–H and O–H groups in total. The van der Waals surface area contributed by atoms with Gasteiger partial charge in [-0.25, -0.2) is 4.79 Å². The highest BCUT2D eigenvalue weighted by Crippen LogP contribution is 2.12. The highest BCUT2D eigenvalue weighted by atomic mass is 35.5. The molecule has 1 aromatic rings. The molecule has 0 aliphatic heterocycles. The summed E-state index contributed by atoms with van der Waals surface area (Å²) in [5.41, 5.74) is 1.08. The van der Waals surface area contributed by atoms with Crippen molar-refractivity contribution in [2.75, 3.05) is 18.6 Å². The molecule has 0 bridgehead atoms. The topological polar surface area (TPSA) is 58.2 Å². The van der Waals surface area contributed by atoms with Gasteiger partial charge in [0.15, 0.2) is 0 Å². The molecule has 1 aromatic carbocycles. The molecular formula is C13H19ClN2O2S. The number of hydrogen-bond acceptors (Lipinski definition) is 2. The maximum Gasteiger partial charge on any atom is 0.315 e. The molecule has 106 valence electrons. The van der Waals surface area contributed by atoms with Crippen LogP contribution in [-0.4, -0.2) is 34.8 Å². The lowest BCUT2D eigenvalue weighted by atomic mass is 10.1. The summed E-state index contributed by atoms with van der Waals surface area (Å²) in [6, 6.07) is 7.34. The van der Waals surface area contributed by atoms with Gasteiger partial charge >= 0.3 is 6.03 Å². The largest absolute Gasteiger partial charge is 0.337 e. The van der Waals surface area contributed by atoms with Crippen molar-refractivity contribution in [3.8, 4) is 0 Å². The second-order valence-corrected chi connectivity index (χ2v) is 6.40. The van der Waals surface area contributed by atoms with E-state index < -0.39 is 10.8 Å². The fourth-order valence-electron chi connectivity index (χ4n) is 1.65. The van der Waals surface area contributed by atoms with Crippen LogP contribution < -0.4 is 10.6 Å². The van der Waals surface area contributed by atoms with Crippen LogP contribution in [0.2, 0.25) is 5.02 Å². The maximum atomic E-state index is 11.5. The van der Waals surface area contributed by atoms with E-state index in [0.717, 1.165) is 5.56 Å². The van der Waals surface area contributed by atoms with Crippen LogP contribution in [0.5, 0.6) is 0 Å². The Bertz CT molecular complexity index is 454. The first-order valence-electron chi connectivity index (χ1n) is 6.06. The first kappa shape index (κ1) is 16.0. The fourth-order valence-corrected chi connectivity index (χ4v) is 2.25. The minimum absolute atomic E-state index is 0.00518. The zero-order valence-corrected chi connectivity index (χ0v) is 12.7. The van der Waals surface area contributed by atoms with Crippen molar-refractivity contribution >= 4 is 28.4 Å². The molecule has 0 fully saturated rings. The smallest absolute Gasteiger partial charge is 0.315 e. The molecule has 6 heteroatoms. The number of hydrogen-bond donors (Lipinski definition) is 2. The van der Waals surface area contributed by atoms with E-state index in [1.165, 1.54) is 0 Å². The molecule has 0 saturated carbocycles. The second-order valence-electron chi connectivity index (χ2n) is 4.41. The van der Waals surface area contributed by atoms with Crippen LogP contribution >= 0.6 is 11.6 Å². The van der Waals surface area contributed by atoms with Crippen LogP contribution in [-0.2, 0) is 17.2 Å². The lowest BCUT2D eigenvalue weighted by molar-refractivity contribution is 0.238. The van der Waals surface area contributed by atoms with E-state index >= 15 is 0 Å². The molecule has 0 heterocycles. The van der Waals surface area contributed by atoms with Gasteiger partial charge in [0.25, 0.3) is 0 Å². The Morgan fingerprint density at radius 2 is 2.21 bits per heavy atom. The van der Waals surface area contributed by atoms with Crippen molar-refractivity contribution < 1.29 is 9.00 Å². The predicted octanol–water partition coefficient (Wildman–Crippen LogP) is 1.95. The fraction of sp³-hybridized carbons (Fsp3) is 0.462. The van der Waals surface area contributed by atoms with Gasteiger partial charge in [-0.3, -0.25) is 4.21 Å². The summed E-state index contributed by atoms with van der Waals surface area (Å²) in [6.07, 6.45) is 2.33. The van der Waals surface area contributed by atoms with Crippen LogP contribution in [0.15, 0.2) is 24.3 Å². The third kappa shape index (κ3) is 7.18. The van der Waals surface area contributed by atoms with Crippen molar-refractivity contribution in [1.29, 1.82) is 0 Å². The van der Waals surface area contributed by atoms with Gasteiger partial charge in [0.1, 0.15) is 0 Å². The Morgan fingerprint density at radius 3 is 2.84 bits per heavy atom. The lowest BCUT2D eigenvalue weighted by Gasteiger charge is -2.14. The highest BCUT2D eigenvalue weighted by molar-refractivity contribution is 7.84. The van der Waals surface area contributed by atoms with Gasteiger partial charge in [0, 0.05) is 40.4 Å². The average Bonchev–Trinajstić information content (AvgIpc) is 2.27. The molecule has 0 spiro atoms. The van der Waals surface area contributed by atoms with Crippen LogP contribution in [0.1, 0.15) is 12.5 Å². The van der Waals surface area contributed by atoms with E-state index in [9.17, 15) is 9.00 Å². The van der Waals surface area contributed by atoms with E-state index in [1.807, 2.05) is 31.2 Å². The zero-order chi connectivity index (χ0) is 14.3. The molecular weight excluding hydrogens is 284 g/mol. The van der Waals surface area contributed by atoms with E-state index in [0.29, 0.717) is 23.7 Å². The van der Waals surface area contributed by atoms with Gasteiger partial charge in [0.2, 0.25) is 0 Å². The molecule has 0 aromatic heterocycles. The van der Waals surface area contributed by atoms with Crippen molar-refractivity contribution in [1.82, 2.24) is 10.6 Å². The van der Waals surface area contributed by atoms with Crippen molar-refractivity contribution in [2.24, 2.45) is 0 Å². The number of halogens is 1. The first-order chi connectivity index (χ1) is 8.97. The SMILES string of the molecule is C[C@H](Cc1cccc(Cl)c1)NC(=O)NCC[S@@](C)=O. The summed E-state index contributed by atoms with van der Waals surface area (Å²) in [7, 11) is -0.886. The van der Waals surface area contributed by atoms with Crippen LogP contribution in [0.4, 0.5) is 4.79 Å². The Kier molecular flexibility index (Phi) is 6.87. The number of urea groups is 1. The standard InChI is InChI=1S/C13H19ClN2O2S/c1-10(8-11-4-3-5-12(14)9-11)16-13(17)15-6-7-19(2)18/h3-5,9-10H,6-8H2,1-2H3,(H2,15,16,17)/t10-,19-/m1/s1. The van der Waals surface area contributed by atoms with Crippen molar-refractivity contribution in [2.45, 2.75) is 19.4 Å². The minimum Gasteiger partial charge on any atom is -0.337 e. The van der Waals surface area contributed by atoms with Crippen molar-refractivity contribution in [3.63, 3.8) is 0 Å². The average molecular weight is 303 g/mol. The molecule has 1 rings (SSSR count). The molecule has 2 atom stereocenters. The Balaban J connectivity index is 2.32. The third-order valence-electron chi connectivity index (χ3n) is 2.48. The summed E-state index contributed by atoms with van der Waals surface area (Å²) in [5, 5.41) is 6.20. The third-order valence-corrected chi connectivity index (χ3v) is 3.50. The Labute approximate surface area is 121 Å². The van der Waals surface area contributed by atoms with E-state index in [4.69, 9.17) is 11.6 Å². The van der Waals surface area contributed by atoms with Gasteiger partial charge in [0.05, 0.1) is 0 Å². The van der Waals surface area contributed by atoms with E-state index in [2.05, 4.69) is 10.6 Å². The van der Waals surface area contributed by atoms with Crippen LogP contribution in [0, 0.1) is 0 Å². The minimum atomic E-state index is -0.886. The zero-order valence-electron chi connectivity index (χ0n) is 11.1. The summed E-state index contributed by atoms with van der Waals surface area (Å²) in [5.74, 6) is 0.468. The number of carbonyl (C=O) groups is 1. The normalized spacial score (nSPS) is 13.6. The summed E-state index contributed by atoms with van der Waals surface area (Å²) in [4.78, 5) is 11.5. The molecule has 4 nitrogen and oxygen atoms in total. The number of carbonyl (C=O) groups excluding carboxylic acids is 1. The first-order valence-corrected chi connectivity index (χ1v) is 8.16. The van der Waals surface area contributed by atoms with Crippen molar-refractivity contribution in [3.05, 3.63) is 34.9 Å². The predicted molar refractivity (Wildman–Crippen MR) is 80.1 cm³/mol. The van der Waals surface area contributed by atoms with E-state index in [1.54, 1.807) is 6.26 Å². The molecule has 2 amide bonds. The van der Waals surface area contributed by atoms with E-state index in [-0.39, 0.29) is 12.1 Å². The summed E-state index contributed by atoms with van der Waals surface area (Å²) >= 11 is 5.90. The van der Waals surface area contributed by atoms with Gasteiger partial charge in [-0.1, -0.05) is 23.7 Å².